The molecular weight excluding hydrogens is 463 g/mol. The summed E-state index contributed by atoms with van der Waals surface area (Å²) in [4.78, 5) is 35.5. The van der Waals surface area contributed by atoms with Crippen LogP contribution >= 0.6 is 0 Å². The number of alkyl carbamates (subject to hydrolysis) is 1. The monoisotopic (exact) mass is 491 g/mol. The van der Waals surface area contributed by atoms with Crippen molar-refractivity contribution < 1.29 is 27.5 Å². The Hall–Kier alpha value is -3.52. The topological polar surface area (TPSA) is 90.6 Å². The maximum Gasteiger partial charge on any atom is 0.407 e. The van der Waals surface area contributed by atoms with Gasteiger partial charge in [0.2, 0.25) is 5.91 Å². The second-order valence-corrected chi connectivity index (χ2v) is 8.66. The second-order valence-electron chi connectivity index (χ2n) is 8.66. The average molecular weight is 492 g/mol. The Morgan fingerprint density at radius 3 is 2.54 bits per heavy atom. The number of H-pyrrole nitrogens is 1. The summed E-state index contributed by atoms with van der Waals surface area (Å²) in [5.41, 5.74) is 2.13. The second kappa shape index (κ2) is 10.8. The number of ether oxygens (including phenoxy) is 1. The number of rotatable bonds is 6. The quantitative estimate of drug-likeness (QED) is 0.606. The van der Waals surface area contributed by atoms with Crippen LogP contribution in [0.2, 0.25) is 0 Å². The summed E-state index contributed by atoms with van der Waals surface area (Å²) in [7, 11) is 1.19. The smallest absolute Gasteiger partial charge is 0.407 e. The minimum atomic E-state index is -4.38. The van der Waals surface area contributed by atoms with E-state index in [1.165, 1.54) is 16.9 Å². The zero-order valence-corrected chi connectivity index (χ0v) is 19.7. The number of amides is 2. The van der Waals surface area contributed by atoms with Crippen molar-refractivity contribution in [3.05, 3.63) is 41.9 Å². The molecule has 188 valence electrons. The number of hydrogen-bond donors (Lipinski definition) is 2. The molecule has 0 saturated carbocycles. The molecule has 0 aliphatic carbocycles. The summed E-state index contributed by atoms with van der Waals surface area (Å²) in [6, 6.07) is 5.46. The highest BCUT2D eigenvalue weighted by molar-refractivity contribution is 5.86. The molecule has 3 rings (SSSR count). The third-order valence-corrected chi connectivity index (χ3v) is 5.82. The molecule has 2 N–H and O–H groups in total. The third-order valence-electron chi connectivity index (χ3n) is 5.82. The van der Waals surface area contributed by atoms with Crippen LogP contribution < -0.4 is 5.32 Å². The number of methoxy groups -OCH3 is 1. The van der Waals surface area contributed by atoms with Gasteiger partial charge in [-0.05, 0) is 23.6 Å². The first kappa shape index (κ1) is 26.1. The normalized spacial score (nSPS) is 17.7. The van der Waals surface area contributed by atoms with Gasteiger partial charge in [-0.1, -0.05) is 31.9 Å². The number of benzene rings is 1. The number of halogens is 3. The van der Waals surface area contributed by atoms with Crippen molar-refractivity contribution in [2.45, 2.75) is 32.1 Å². The van der Waals surface area contributed by atoms with Crippen LogP contribution in [0.4, 0.5) is 18.0 Å². The van der Waals surface area contributed by atoms with Crippen LogP contribution in [-0.2, 0) is 9.53 Å². The van der Waals surface area contributed by atoms with Crippen LogP contribution in [0.3, 0.4) is 0 Å². The van der Waals surface area contributed by atoms with Crippen molar-refractivity contribution in [2.24, 2.45) is 5.92 Å². The van der Waals surface area contributed by atoms with Crippen molar-refractivity contribution in [1.82, 2.24) is 25.1 Å². The maximum atomic E-state index is 13.5. The molecule has 0 unspecified atom stereocenters. The van der Waals surface area contributed by atoms with Gasteiger partial charge in [0.1, 0.15) is 17.9 Å². The first-order valence-electron chi connectivity index (χ1n) is 11.1. The highest BCUT2D eigenvalue weighted by atomic mass is 19.4. The molecule has 11 heteroatoms. The van der Waals surface area contributed by atoms with E-state index in [2.05, 4.69) is 25.9 Å². The zero-order valence-electron chi connectivity index (χ0n) is 19.7. The number of aromatic amines is 1. The number of nitrogens with zero attached hydrogens (tertiary/aromatic N) is 3. The van der Waals surface area contributed by atoms with Gasteiger partial charge in [-0.15, -0.1) is 6.42 Å². The van der Waals surface area contributed by atoms with Crippen molar-refractivity contribution in [3.63, 3.8) is 0 Å². The van der Waals surface area contributed by atoms with Crippen molar-refractivity contribution in [3.8, 4) is 23.6 Å². The highest BCUT2D eigenvalue weighted by Gasteiger charge is 2.41. The Morgan fingerprint density at radius 1 is 1.29 bits per heavy atom. The molecule has 2 aromatic rings. The Morgan fingerprint density at radius 2 is 1.97 bits per heavy atom. The Kier molecular flexibility index (Phi) is 8.07. The standard InChI is InChI=1S/C24H28F3N5O3/c1-5-16-6-8-17(9-7-16)18-12-28-21(29-18)19-13-31(14-24(25,26)27)10-11-32(19)22(33)20(15(2)3)30-23(34)35-4/h1,6-9,12,15,19-20H,10-11,13-14H2,2-4H3,(H,28,29)(H,30,34)/t19-,20-/m0/s1. The van der Waals surface area contributed by atoms with Gasteiger partial charge >= 0.3 is 12.3 Å². The van der Waals surface area contributed by atoms with E-state index in [1.807, 2.05) is 0 Å². The number of terminal acetylenes is 1. The predicted molar refractivity (Wildman–Crippen MR) is 123 cm³/mol. The lowest BCUT2D eigenvalue weighted by Crippen LogP contribution is -2.58. The number of piperazine rings is 1. The molecule has 1 aromatic carbocycles. The fourth-order valence-electron chi connectivity index (χ4n) is 4.01. The summed E-state index contributed by atoms with van der Waals surface area (Å²) < 4.78 is 44.0. The lowest BCUT2D eigenvalue weighted by atomic mass is 10.0. The van der Waals surface area contributed by atoms with Gasteiger partial charge in [0.05, 0.1) is 25.5 Å². The van der Waals surface area contributed by atoms with E-state index in [-0.39, 0.29) is 25.6 Å². The van der Waals surface area contributed by atoms with E-state index in [9.17, 15) is 22.8 Å². The molecule has 0 bridgehead atoms. The molecule has 8 nitrogen and oxygen atoms in total. The fraction of sp³-hybridized carbons (Fsp3) is 0.458. The van der Waals surface area contributed by atoms with E-state index >= 15 is 0 Å². The van der Waals surface area contributed by atoms with Gasteiger partial charge in [0.25, 0.3) is 0 Å². The van der Waals surface area contributed by atoms with Crippen molar-refractivity contribution >= 4 is 12.0 Å². The van der Waals surface area contributed by atoms with E-state index in [0.717, 1.165) is 5.56 Å². The number of carbonyl (C=O) groups is 2. The van der Waals surface area contributed by atoms with Gasteiger partial charge in [0, 0.05) is 25.2 Å². The predicted octanol–water partition coefficient (Wildman–Crippen LogP) is 3.19. The molecule has 2 atom stereocenters. The molecule has 1 saturated heterocycles. The third kappa shape index (κ3) is 6.54. The Balaban J connectivity index is 1.91. The molecule has 2 heterocycles. The number of alkyl halides is 3. The van der Waals surface area contributed by atoms with Crippen LogP contribution in [-0.4, -0.2) is 77.3 Å². The highest BCUT2D eigenvalue weighted by Crippen LogP contribution is 2.29. The lowest BCUT2D eigenvalue weighted by Gasteiger charge is -2.42. The summed E-state index contributed by atoms with van der Waals surface area (Å²) in [6.45, 7) is 2.43. The number of carbonyl (C=O) groups excluding carboxylic acids is 2. The van der Waals surface area contributed by atoms with Crippen LogP contribution in [0, 0.1) is 18.3 Å². The van der Waals surface area contributed by atoms with E-state index in [0.29, 0.717) is 17.1 Å². The number of imidazole rings is 1. The molecule has 0 radical (unpaired) electrons. The summed E-state index contributed by atoms with van der Waals surface area (Å²) >= 11 is 0. The van der Waals surface area contributed by atoms with E-state index in [1.54, 1.807) is 44.3 Å². The van der Waals surface area contributed by atoms with Crippen LogP contribution in [0.5, 0.6) is 0 Å². The molecule has 0 spiro atoms. The molecule has 1 aliphatic rings. The first-order valence-corrected chi connectivity index (χ1v) is 11.1. The molecule has 2 amide bonds. The Bertz CT molecular complexity index is 1080. The number of nitrogens with one attached hydrogen (secondary N) is 2. The maximum absolute atomic E-state index is 13.5. The summed E-state index contributed by atoms with van der Waals surface area (Å²) in [5, 5.41) is 2.53. The molecule has 1 fully saturated rings. The van der Waals surface area contributed by atoms with E-state index in [4.69, 9.17) is 6.42 Å². The van der Waals surface area contributed by atoms with Crippen molar-refractivity contribution in [1.29, 1.82) is 0 Å². The van der Waals surface area contributed by atoms with Crippen LogP contribution in [0.1, 0.15) is 31.3 Å². The van der Waals surface area contributed by atoms with Gasteiger partial charge in [-0.3, -0.25) is 9.69 Å². The molecule has 1 aliphatic heterocycles. The van der Waals surface area contributed by atoms with Crippen LogP contribution in [0.25, 0.3) is 11.3 Å². The van der Waals surface area contributed by atoms with Gasteiger partial charge in [-0.25, -0.2) is 9.78 Å². The molecule has 1 aromatic heterocycles. The molecule has 35 heavy (non-hydrogen) atoms. The largest absolute Gasteiger partial charge is 0.453 e. The van der Waals surface area contributed by atoms with E-state index < -0.39 is 36.8 Å². The zero-order chi connectivity index (χ0) is 25.8. The minimum absolute atomic E-state index is 0.0336. The number of hydrogen-bond acceptors (Lipinski definition) is 5. The summed E-state index contributed by atoms with van der Waals surface area (Å²) in [5.74, 6) is 2.19. The fourth-order valence-corrected chi connectivity index (χ4v) is 4.01. The summed E-state index contributed by atoms with van der Waals surface area (Å²) in [6.07, 6.45) is 1.82. The van der Waals surface area contributed by atoms with Gasteiger partial charge in [-0.2, -0.15) is 13.2 Å². The molecular formula is C24H28F3N5O3. The lowest BCUT2D eigenvalue weighted by molar-refractivity contribution is -0.157. The SMILES string of the molecule is C#Cc1ccc(-c2cnc([C@@H]3CN(CC(F)(F)F)CCN3C(=O)[C@@H](NC(=O)OC)C(C)C)[nH]2)cc1. The van der Waals surface area contributed by atoms with Crippen LogP contribution in [0.15, 0.2) is 30.5 Å². The van der Waals surface area contributed by atoms with Gasteiger partial charge < -0.3 is 19.9 Å². The van der Waals surface area contributed by atoms with Crippen molar-refractivity contribution in [2.75, 3.05) is 33.3 Å². The minimum Gasteiger partial charge on any atom is -0.453 e. The first-order chi connectivity index (χ1) is 16.5. The van der Waals surface area contributed by atoms with Gasteiger partial charge in [0.15, 0.2) is 0 Å². The number of aromatic nitrogens is 2. The average Bonchev–Trinajstić information content (AvgIpc) is 3.31. The Labute approximate surface area is 201 Å².